The van der Waals surface area contributed by atoms with Crippen LogP contribution in [0, 0.1) is 17.8 Å². The fourth-order valence-corrected chi connectivity index (χ4v) is 1.44. The van der Waals surface area contributed by atoms with Crippen LogP contribution >= 0.6 is 0 Å². The maximum atomic E-state index is 2.39. The van der Waals surface area contributed by atoms with E-state index in [-0.39, 0.29) is 0 Å². The molecule has 0 aromatic carbocycles. The molecule has 0 saturated carbocycles. The summed E-state index contributed by atoms with van der Waals surface area (Å²) in [6.45, 7) is 18.0. The van der Waals surface area contributed by atoms with Gasteiger partial charge in [-0.2, -0.15) is 0 Å². The lowest BCUT2D eigenvalue weighted by atomic mass is 9.86. The van der Waals surface area contributed by atoms with Crippen LogP contribution in [-0.2, 0) is 0 Å². The molecule has 0 spiro atoms. The maximum absolute atomic E-state index is 2.39. The van der Waals surface area contributed by atoms with E-state index < -0.39 is 0 Å². The molecular weight excluding hydrogens is 170 g/mol. The van der Waals surface area contributed by atoms with Crippen molar-refractivity contribution < 1.29 is 0 Å². The minimum Gasteiger partial charge on any atom is -0.306 e. The summed E-state index contributed by atoms with van der Waals surface area (Å²) in [6, 6.07) is 0. The van der Waals surface area contributed by atoms with Gasteiger partial charge in [0, 0.05) is 6.54 Å². The Morgan fingerprint density at radius 3 is 1.71 bits per heavy atom. The van der Waals surface area contributed by atoms with E-state index in [2.05, 4.69) is 46.6 Å². The van der Waals surface area contributed by atoms with Crippen LogP contribution in [0.15, 0.2) is 0 Å². The molecule has 88 valence electrons. The topological polar surface area (TPSA) is 3.24 Å². The standard InChI is InChI=1S/C11H25N.C2H6/c1-7-12(6)8-10(4)11(5)9(2)3;1-2/h9-11H,7-8H2,1-6H3;1-2H3. The van der Waals surface area contributed by atoms with Crippen LogP contribution in [0.1, 0.15) is 48.5 Å². The van der Waals surface area contributed by atoms with Crippen LogP contribution in [0.25, 0.3) is 0 Å². The van der Waals surface area contributed by atoms with E-state index in [0.717, 1.165) is 24.3 Å². The largest absolute Gasteiger partial charge is 0.306 e. The average Bonchev–Trinajstić information content (AvgIpc) is 2.19. The highest BCUT2D eigenvalue weighted by molar-refractivity contribution is 4.67. The van der Waals surface area contributed by atoms with Crippen molar-refractivity contribution in [2.75, 3.05) is 20.1 Å². The van der Waals surface area contributed by atoms with E-state index in [1.165, 1.54) is 6.54 Å². The van der Waals surface area contributed by atoms with Gasteiger partial charge in [0.2, 0.25) is 0 Å². The molecule has 0 radical (unpaired) electrons. The first-order chi connectivity index (χ1) is 6.49. The lowest BCUT2D eigenvalue weighted by molar-refractivity contribution is 0.215. The third kappa shape index (κ3) is 7.37. The van der Waals surface area contributed by atoms with E-state index >= 15 is 0 Å². The number of nitrogens with zero attached hydrogens (tertiary/aromatic N) is 1. The van der Waals surface area contributed by atoms with Gasteiger partial charge in [-0.05, 0) is 31.3 Å². The van der Waals surface area contributed by atoms with Crippen molar-refractivity contribution >= 4 is 0 Å². The molecule has 0 fully saturated rings. The zero-order valence-electron chi connectivity index (χ0n) is 11.6. The molecule has 0 bridgehead atoms. The van der Waals surface area contributed by atoms with Crippen LogP contribution in [0.4, 0.5) is 0 Å². The fraction of sp³-hybridized carbons (Fsp3) is 1.00. The van der Waals surface area contributed by atoms with Gasteiger partial charge in [0.1, 0.15) is 0 Å². The summed E-state index contributed by atoms with van der Waals surface area (Å²) in [7, 11) is 2.20. The molecule has 0 aliphatic heterocycles. The predicted molar refractivity (Wildman–Crippen MR) is 67.7 cm³/mol. The van der Waals surface area contributed by atoms with Crippen molar-refractivity contribution in [3.05, 3.63) is 0 Å². The molecular formula is C13H31N. The second-order valence-corrected chi connectivity index (χ2v) is 4.44. The van der Waals surface area contributed by atoms with Crippen molar-refractivity contribution in [2.45, 2.75) is 48.5 Å². The summed E-state index contributed by atoms with van der Waals surface area (Å²) < 4.78 is 0. The van der Waals surface area contributed by atoms with Crippen molar-refractivity contribution in [2.24, 2.45) is 17.8 Å². The Bertz CT molecular complexity index is 110. The Kier molecular flexibility index (Phi) is 11.1. The highest BCUT2D eigenvalue weighted by Crippen LogP contribution is 2.20. The molecule has 2 unspecified atom stereocenters. The molecule has 1 nitrogen and oxygen atoms in total. The van der Waals surface area contributed by atoms with Gasteiger partial charge >= 0.3 is 0 Å². The molecule has 0 rings (SSSR count). The monoisotopic (exact) mass is 201 g/mol. The second kappa shape index (κ2) is 9.51. The van der Waals surface area contributed by atoms with E-state index in [0.29, 0.717) is 0 Å². The van der Waals surface area contributed by atoms with Crippen molar-refractivity contribution in [1.29, 1.82) is 0 Å². The molecule has 0 aliphatic rings. The van der Waals surface area contributed by atoms with E-state index in [1.807, 2.05) is 13.8 Å². The summed E-state index contributed by atoms with van der Waals surface area (Å²) >= 11 is 0. The number of hydrogen-bond donors (Lipinski definition) is 0. The quantitative estimate of drug-likeness (QED) is 0.652. The molecule has 0 aliphatic carbocycles. The number of hydrogen-bond acceptors (Lipinski definition) is 1. The van der Waals surface area contributed by atoms with Crippen LogP contribution in [0.2, 0.25) is 0 Å². The lowest BCUT2D eigenvalue weighted by Crippen LogP contribution is -2.29. The molecule has 0 heterocycles. The fourth-order valence-electron chi connectivity index (χ4n) is 1.44. The summed E-state index contributed by atoms with van der Waals surface area (Å²) in [5.41, 5.74) is 0. The van der Waals surface area contributed by atoms with Crippen molar-refractivity contribution in [1.82, 2.24) is 4.90 Å². The molecule has 0 aromatic heterocycles. The Balaban J connectivity index is 0. The van der Waals surface area contributed by atoms with Gasteiger partial charge in [0.25, 0.3) is 0 Å². The molecule has 0 saturated heterocycles. The maximum Gasteiger partial charge on any atom is 0.000650 e. The summed E-state index contributed by atoms with van der Waals surface area (Å²) in [4.78, 5) is 2.39. The van der Waals surface area contributed by atoms with Gasteiger partial charge in [-0.1, -0.05) is 48.5 Å². The molecule has 1 heteroatoms. The minimum atomic E-state index is 0.810. The SMILES string of the molecule is CC.CCN(C)CC(C)C(C)C(C)C. The van der Waals surface area contributed by atoms with Gasteiger partial charge in [-0.15, -0.1) is 0 Å². The first-order valence-electron chi connectivity index (χ1n) is 6.17. The van der Waals surface area contributed by atoms with E-state index in [9.17, 15) is 0 Å². The Morgan fingerprint density at radius 2 is 1.43 bits per heavy atom. The summed E-state index contributed by atoms with van der Waals surface area (Å²) in [5, 5.41) is 0. The van der Waals surface area contributed by atoms with Crippen LogP contribution in [-0.4, -0.2) is 25.0 Å². The van der Waals surface area contributed by atoms with Gasteiger partial charge in [0.05, 0.1) is 0 Å². The van der Waals surface area contributed by atoms with Crippen molar-refractivity contribution in [3.8, 4) is 0 Å². The van der Waals surface area contributed by atoms with Crippen LogP contribution in [0.5, 0.6) is 0 Å². The molecule has 2 atom stereocenters. The van der Waals surface area contributed by atoms with E-state index in [1.54, 1.807) is 0 Å². The van der Waals surface area contributed by atoms with Crippen LogP contribution < -0.4 is 0 Å². The highest BCUT2D eigenvalue weighted by atomic mass is 15.1. The van der Waals surface area contributed by atoms with Gasteiger partial charge in [-0.25, -0.2) is 0 Å². The molecule has 0 N–H and O–H groups in total. The zero-order chi connectivity index (χ0) is 11.7. The first-order valence-corrected chi connectivity index (χ1v) is 6.17. The lowest BCUT2D eigenvalue weighted by Gasteiger charge is -2.27. The first kappa shape index (κ1) is 16.4. The minimum absolute atomic E-state index is 0.810. The molecule has 0 amide bonds. The summed E-state index contributed by atoms with van der Waals surface area (Å²) in [6.07, 6.45) is 0. The third-order valence-electron chi connectivity index (χ3n) is 3.09. The Labute approximate surface area is 91.9 Å². The molecule has 14 heavy (non-hydrogen) atoms. The normalized spacial score (nSPS) is 15.0. The van der Waals surface area contributed by atoms with E-state index in [4.69, 9.17) is 0 Å². The van der Waals surface area contributed by atoms with Gasteiger partial charge in [-0.3, -0.25) is 0 Å². The van der Waals surface area contributed by atoms with Gasteiger partial charge < -0.3 is 4.90 Å². The van der Waals surface area contributed by atoms with Crippen LogP contribution in [0.3, 0.4) is 0 Å². The third-order valence-corrected chi connectivity index (χ3v) is 3.09. The second-order valence-electron chi connectivity index (χ2n) is 4.44. The zero-order valence-corrected chi connectivity index (χ0v) is 11.6. The summed E-state index contributed by atoms with van der Waals surface area (Å²) in [5.74, 6) is 2.46. The molecule has 0 aromatic rings. The Morgan fingerprint density at radius 1 is 1.00 bits per heavy atom. The highest BCUT2D eigenvalue weighted by Gasteiger charge is 2.16. The predicted octanol–water partition coefficient (Wildman–Crippen LogP) is 3.89. The van der Waals surface area contributed by atoms with Gasteiger partial charge in [0.15, 0.2) is 0 Å². The number of rotatable bonds is 5. The Hall–Kier alpha value is -0.0400. The average molecular weight is 201 g/mol. The smallest absolute Gasteiger partial charge is 0.000650 e. The van der Waals surface area contributed by atoms with Crippen molar-refractivity contribution in [3.63, 3.8) is 0 Å².